The first kappa shape index (κ1) is 14.1. The largest absolute Gasteiger partial charge is 0.360 e. The Morgan fingerprint density at radius 2 is 2.00 bits per heavy atom. The lowest BCUT2D eigenvalue weighted by Gasteiger charge is -2.14. The van der Waals surface area contributed by atoms with Crippen LogP contribution in [0.1, 0.15) is 17.0 Å². The summed E-state index contributed by atoms with van der Waals surface area (Å²) in [6, 6.07) is 9.86. The molecular formula is C14H18ClN3O. The maximum atomic E-state index is 5.87. The van der Waals surface area contributed by atoms with Crippen LogP contribution in [0.2, 0.25) is 5.02 Å². The highest BCUT2D eigenvalue weighted by Crippen LogP contribution is 2.13. The molecule has 0 bridgehead atoms. The normalized spacial score (nSPS) is 11.2. The first-order valence-electron chi connectivity index (χ1n) is 6.19. The second-order valence-corrected chi connectivity index (χ2v) is 5.05. The van der Waals surface area contributed by atoms with Gasteiger partial charge in [-0.1, -0.05) is 28.9 Å². The third kappa shape index (κ3) is 4.35. The number of rotatable bonds is 6. The summed E-state index contributed by atoms with van der Waals surface area (Å²) in [5.41, 5.74) is 2.15. The lowest BCUT2D eigenvalue weighted by atomic mass is 10.2. The van der Waals surface area contributed by atoms with Crippen molar-refractivity contribution in [1.82, 2.24) is 15.4 Å². The Balaban J connectivity index is 1.89. The molecule has 1 aromatic heterocycles. The number of halogens is 1. The molecule has 0 radical (unpaired) electrons. The summed E-state index contributed by atoms with van der Waals surface area (Å²) in [4.78, 5) is 2.17. The molecule has 0 aliphatic carbocycles. The van der Waals surface area contributed by atoms with Crippen LogP contribution in [0.5, 0.6) is 0 Å². The lowest BCUT2D eigenvalue weighted by Crippen LogP contribution is -2.16. The molecule has 0 aliphatic rings. The predicted molar refractivity (Wildman–Crippen MR) is 75.9 cm³/mol. The van der Waals surface area contributed by atoms with Crippen LogP contribution in [0.25, 0.3) is 0 Å². The quantitative estimate of drug-likeness (QED) is 0.883. The van der Waals surface area contributed by atoms with Gasteiger partial charge < -0.3 is 9.84 Å². The van der Waals surface area contributed by atoms with Crippen molar-refractivity contribution in [3.63, 3.8) is 0 Å². The zero-order valence-electron chi connectivity index (χ0n) is 11.2. The van der Waals surface area contributed by atoms with E-state index in [1.54, 1.807) is 0 Å². The van der Waals surface area contributed by atoms with Crippen LogP contribution in [0.15, 0.2) is 34.9 Å². The van der Waals surface area contributed by atoms with Crippen LogP contribution in [-0.2, 0) is 19.6 Å². The zero-order valence-corrected chi connectivity index (χ0v) is 11.9. The maximum Gasteiger partial charge on any atom is 0.151 e. The number of aromatic nitrogens is 1. The highest BCUT2D eigenvalue weighted by molar-refractivity contribution is 6.30. The van der Waals surface area contributed by atoms with Crippen molar-refractivity contribution in [2.75, 3.05) is 14.1 Å². The number of hydrogen-bond acceptors (Lipinski definition) is 4. The van der Waals surface area contributed by atoms with E-state index < -0.39 is 0 Å². The van der Waals surface area contributed by atoms with Gasteiger partial charge in [-0.3, -0.25) is 4.90 Å². The molecule has 1 N–H and O–H groups in total. The molecule has 2 aromatic rings. The van der Waals surface area contributed by atoms with E-state index in [0.29, 0.717) is 0 Å². The van der Waals surface area contributed by atoms with Crippen molar-refractivity contribution in [2.24, 2.45) is 0 Å². The Morgan fingerprint density at radius 3 is 2.68 bits per heavy atom. The van der Waals surface area contributed by atoms with Gasteiger partial charge in [-0.15, -0.1) is 0 Å². The van der Waals surface area contributed by atoms with Gasteiger partial charge in [0.1, 0.15) is 0 Å². The number of benzene rings is 1. The maximum absolute atomic E-state index is 5.87. The number of hydrogen-bond donors (Lipinski definition) is 1. The van der Waals surface area contributed by atoms with E-state index in [-0.39, 0.29) is 0 Å². The topological polar surface area (TPSA) is 41.3 Å². The van der Waals surface area contributed by atoms with Gasteiger partial charge in [0.05, 0.1) is 12.2 Å². The molecule has 0 spiro atoms. The Kier molecular flexibility index (Phi) is 4.96. The van der Waals surface area contributed by atoms with Gasteiger partial charge >= 0.3 is 0 Å². The Hall–Kier alpha value is -1.36. The Labute approximate surface area is 118 Å². The van der Waals surface area contributed by atoms with Crippen molar-refractivity contribution >= 4 is 11.6 Å². The number of nitrogens with zero attached hydrogens (tertiary/aromatic N) is 2. The highest BCUT2D eigenvalue weighted by Gasteiger charge is 2.07. The molecule has 0 unspecified atom stereocenters. The fourth-order valence-corrected chi connectivity index (χ4v) is 2.04. The Morgan fingerprint density at radius 1 is 1.26 bits per heavy atom. The summed E-state index contributed by atoms with van der Waals surface area (Å²) in [5, 5.41) is 7.81. The summed E-state index contributed by atoms with van der Waals surface area (Å²) in [5.74, 6) is 0.877. The molecule has 2 rings (SSSR count). The molecule has 0 aliphatic heterocycles. The van der Waals surface area contributed by atoms with Crippen LogP contribution in [0.3, 0.4) is 0 Å². The van der Waals surface area contributed by atoms with Gasteiger partial charge in [-0.2, -0.15) is 0 Å². The Bertz CT molecular complexity index is 510. The SMILES string of the molecule is CNCc1cc(CN(C)Cc2ccc(Cl)cc2)on1. The molecular weight excluding hydrogens is 262 g/mol. The van der Waals surface area contributed by atoms with Crippen molar-refractivity contribution in [2.45, 2.75) is 19.6 Å². The number of nitrogens with one attached hydrogen (secondary N) is 1. The average Bonchev–Trinajstić information content (AvgIpc) is 2.80. The molecule has 0 amide bonds. The van der Waals surface area contributed by atoms with Crippen molar-refractivity contribution in [1.29, 1.82) is 0 Å². The molecule has 1 aromatic carbocycles. The van der Waals surface area contributed by atoms with Crippen LogP contribution in [0.4, 0.5) is 0 Å². The van der Waals surface area contributed by atoms with Crippen molar-refractivity contribution in [3.05, 3.63) is 52.4 Å². The molecule has 0 fully saturated rings. The summed E-state index contributed by atoms with van der Waals surface area (Å²) in [7, 11) is 3.94. The van der Waals surface area contributed by atoms with Gasteiger partial charge in [0, 0.05) is 24.2 Å². The second kappa shape index (κ2) is 6.70. The van der Waals surface area contributed by atoms with Gasteiger partial charge in [0.2, 0.25) is 0 Å². The van der Waals surface area contributed by atoms with Crippen LogP contribution in [0, 0.1) is 0 Å². The minimum atomic E-state index is 0.727. The molecule has 19 heavy (non-hydrogen) atoms. The van der Waals surface area contributed by atoms with Gasteiger partial charge in [0.25, 0.3) is 0 Å². The fourth-order valence-electron chi connectivity index (χ4n) is 1.92. The van der Waals surface area contributed by atoms with E-state index in [4.69, 9.17) is 16.1 Å². The first-order valence-corrected chi connectivity index (χ1v) is 6.57. The van der Waals surface area contributed by atoms with Gasteiger partial charge in [-0.05, 0) is 31.8 Å². The molecule has 0 saturated carbocycles. The minimum absolute atomic E-state index is 0.727. The van der Waals surface area contributed by atoms with Gasteiger partial charge in [0.15, 0.2) is 5.76 Å². The van der Waals surface area contributed by atoms with Crippen LogP contribution >= 0.6 is 11.6 Å². The monoisotopic (exact) mass is 279 g/mol. The summed E-state index contributed by atoms with van der Waals surface area (Å²) >= 11 is 5.87. The fraction of sp³-hybridized carbons (Fsp3) is 0.357. The van der Waals surface area contributed by atoms with Gasteiger partial charge in [-0.25, -0.2) is 0 Å². The molecule has 4 nitrogen and oxygen atoms in total. The summed E-state index contributed by atoms with van der Waals surface area (Å²) in [6.45, 7) is 2.31. The second-order valence-electron chi connectivity index (χ2n) is 4.61. The van der Waals surface area contributed by atoms with E-state index in [0.717, 1.165) is 36.1 Å². The van der Waals surface area contributed by atoms with E-state index in [9.17, 15) is 0 Å². The molecule has 0 atom stereocenters. The van der Waals surface area contributed by atoms with Crippen LogP contribution in [-0.4, -0.2) is 24.2 Å². The molecule has 0 saturated heterocycles. The van der Waals surface area contributed by atoms with E-state index in [1.165, 1.54) is 5.56 Å². The van der Waals surface area contributed by atoms with E-state index in [2.05, 4.69) is 22.4 Å². The van der Waals surface area contributed by atoms with Crippen LogP contribution < -0.4 is 5.32 Å². The third-order valence-corrected chi connectivity index (χ3v) is 3.01. The standard InChI is InChI=1S/C14H18ClN3O/c1-16-8-13-7-14(19-17-13)10-18(2)9-11-3-5-12(15)6-4-11/h3-7,16H,8-10H2,1-2H3. The van der Waals surface area contributed by atoms with Crippen molar-refractivity contribution < 1.29 is 4.52 Å². The predicted octanol–water partition coefficient (Wildman–Crippen LogP) is 2.68. The highest BCUT2D eigenvalue weighted by atomic mass is 35.5. The third-order valence-electron chi connectivity index (χ3n) is 2.76. The lowest BCUT2D eigenvalue weighted by molar-refractivity contribution is 0.265. The van der Waals surface area contributed by atoms with E-state index in [1.807, 2.05) is 37.4 Å². The molecule has 1 heterocycles. The summed E-state index contributed by atoms with van der Waals surface area (Å²) < 4.78 is 5.29. The average molecular weight is 280 g/mol. The molecule has 102 valence electrons. The molecule has 5 heteroatoms. The minimum Gasteiger partial charge on any atom is -0.360 e. The zero-order chi connectivity index (χ0) is 13.7. The summed E-state index contributed by atoms with van der Waals surface area (Å²) in [6.07, 6.45) is 0. The smallest absolute Gasteiger partial charge is 0.151 e. The van der Waals surface area contributed by atoms with Crippen molar-refractivity contribution in [3.8, 4) is 0 Å². The first-order chi connectivity index (χ1) is 9.17. The van der Waals surface area contributed by atoms with E-state index >= 15 is 0 Å².